The van der Waals surface area contributed by atoms with Crippen molar-refractivity contribution in [3.05, 3.63) is 0 Å². The Morgan fingerprint density at radius 3 is 2.55 bits per heavy atom. The SMILES string of the molecule is CCC[C@](C)(O)CC(=O)OC. The van der Waals surface area contributed by atoms with Crippen LogP contribution in [0.25, 0.3) is 0 Å². The average Bonchev–Trinajstić information content (AvgIpc) is 1.86. The Bertz CT molecular complexity index is 129. The summed E-state index contributed by atoms with van der Waals surface area (Å²) in [4.78, 5) is 10.7. The third-order valence-corrected chi connectivity index (χ3v) is 1.54. The Kier molecular flexibility index (Phi) is 4.11. The molecule has 0 aromatic rings. The summed E-state index contributed by atoms with van der Waals surface area (Å²) in [7, 11) is 1.32. The topological polar surface area (TPSA) is 46.5 Å². The number of carbonyl (C=O) groups excluding carboxylic acids is 1. The molecule has 0 spiro atoms. The zero-order valence-electron chi connectivity index (χ0n) is 7.39. The molecule has 0 saturated carbocycles. The summed E-state index contributed by atoms with van der Waals surface area (Å²) in [6.07, 6.45) is 1.57. The maximum absolute atomic E-state index is 10.7. The highest BCUT2D eigenvalue weighted by Crippen LogP contribution is 2.16. The molecule has 1 atom stereocenters. The van der Waals surface area contributed by atoms with E-state index in [4.69, 9.17) is 0 Å². The van der Waals surface area contributed by atoms with E-state index in [0.29, 0.717) is 6.42 Å². The van der Waals surface area contributed by atoms with Crippen LogP contribution in [0.15, 0.2) is 0 Å². The molecule has 66 valence electrons. The lowest BCUT2D eigenvalue weighted by molar-refractivity contribution is -0.145. The van der Waals surface area contributed by atoms with Crippen molar-refractivity contribution in [3.63, 3.8) is 0 Å². The average molecular weight is 160 g/mol. The van der Waals surface area contributed by atoms with Crippen LogP contribution in [-0.2, 0) is 9.53 Å². The summed E-state index contributed by atoms with van der Waals surface area (Å²) in [5.41, 5.74) is -0.901. The molecule has 3 heteroatoms. The fourth-order valence-corrected chi connectivity index (χ4v) is 1.01. The van der Waals surface area contributed by atoms with Crippen LogP contribution in [0, 0.1) is 0 Å². The Labute approximate surface area is 67.4 Å². The van der Waals surface area contributed by atoms with Gasteiger partial charge in [0.05, 0.1) is 19.1 Å². The summed E-state index contributed by atoms with van der Waals surface area (Å²) in [6.45, 7) is 3.61. The number of carbonyl (C=O) groups is 1. The molecule has 0 unspecified atom stereocenters. The second-order valence-corrected chi connectivity index (χ2v) is 3.00. The molecule has 0 aliphatic carbocycles. The maximum atomic E-state index is 10.7. The van der Waals surface area contributed by atoms with Gasteiger partial charge in [-0.05, 0) is 13.3 Å². The van der Waals surface area contributed by atoms with Crippen LogP contribution in [0.5, 0.6) is 0 Å². The van der Waals surface area contributed by atoms with Crippen LogP contribution in [0.1, 0.15) is 33.1 Å². The van der Waals surface area contributed by atoms with Crippen LogP contribution in [0.3, 0.4) is 0 Å². The quantitative estimate of drug-likeness (QED) is 0.626. The molecule has 0 heterocycles. The lowest BCUT2D eigenvalue weighted by Gasteiger charge is -2.20. The summed E-state index contributed by atoms with van der Waals surface area (Å²) in [5.74, 6) is -0.358. The van der Waals surface area contributed by atoms with Gasteiger partial charge in [-0.1, -0.05) is 13.3 Å². The van der Waals surface area contributed by atoms with Gasteiger partial charge in [-0.3, -0.25) is 4.79 Å². The molecule has 0 radical (unpaired) electrons. The Hall–Kier alpha value is -0.570. The van der Waals surface area contributed by atoms with E-state index in [1.807, 2.05) is 6.92 Å². The smallest absolute Gasteiger partial charge is 0.308 e. The highest BCUT2D eigenvalue weighted by Gasteiger charge is 2.23. The van der Waals surface area contributed by atoms with Gasteiger partial charge in [0.2, 0.25) is 0 Å². The third-order valence-electron chi connectivity index (χ3n) is 1.54. The fraction of sp³-hybridized carbons (Fsp3) is 0.875. The van der Waals surface area contributed by atoms with Gasteiger partial charge >= 0.3 is 5.97 Å². The first kappa shape index (κ1) is 10.4. The van der Waals surface area contributed by atoms with Gasteiger partial charge in [-0.2, -0.15) is 0 Å². The predicted molar refractivity (Wildman–Crippen MR) is 42.2 cm³/mol. The number of rotatable bonds is 4. The lowest BCUT2D eigenvalue weighted by Crippen LogP contribution is -2.28. The molecule has 0 aliphatic heterocycles. The molecule has 0 fully saturated rings. The van der Waals surface area contributed by atoms with Crippen molar-refractivity contribution in [3.8, 4) is 0 Å². The molecule has 0 amide bonds. The summed E-state index contributed by atoms with van der Waals surface area (Å²) in [5, 5.41) is 9.52. The van der Waals surface area contributed by atoms with Gasteiger partial charge in [-0.25, -0.2) is 0 Å². The monoisotopic (exact) mass is 160 g/mol. The van der Waals surface area contributed by atoms with Crippen molar-refractivity contribution in [2.45, 2.75) is 38.7 Å². The van der Waals surface area contributed by atoms with Gasteiger partial charge in [-0.15, -0.1) is 0 Å². The van der Waals surface area contributed by atoms with E-state index in [9.17, 15) is 9.90 Å². The van der Waals surface area contributed by atoms with Crippen LogP contribution in [0.4, 0.5) is 0 Å². The minimum absolute atomic E-state index is 0.0807. The first-order chi connectivity index (χ1) is 5.02. The zero-order chi connectivity index (χ0) is 8.91. The maximum Gasteiger partial charge on any atom is 0.308 e. The zero-order valence-corrected chi connectivity index (χ0v) is 7.39. The van der Waals surface area contributed by atoms with Gasteiger partial charge < -0.3 is 9.84 Å². The molecule has 0 bridgehead atoms. The number of hydrogen-bond acceptors (Lipinski definition) is 3. The minimum Gasteiger partial charge on any atom is -0.469 e. The molecule has 0 rings (SSSR count). The second kappa shape index (κ2) is 4.34. The van der Waals surface area contributed by atoms with E-state index in [1.165, 1.54) is 7.11 Å². The number of ether oxygens (including phenoxy) is 1. The standard InChI is InChI=1S/C8H16O3/c1-4-5-8(2,10)6-7(9)11-3/h10H,4-6H2,1-3H3/t8-/m0/s1. The number of aliphatic hydroxyl groups is 1. The molecule has 3 nitrogen and oxygen atoms in total. The fourth-order valence-electron chi connectivity index (χ4n) is 1.01. The normalized spacial score (nSPS) is 15.6. The van der Waals surface area contributed by atoms with E-state index in [0.717, 1.165) is 6.42 Å². The van der Waals surface area contributed by atoms with Gasteiger partial charge in [0, 0.05) is 0 Å². The largest absolute Gasteiger partial charge is 0.469 e. The molecule has 0 aromatic carbocycles. The van der Waals surface area contributed by atoms with Crippen LogP contribution in [-0.4, -0.2) is 23.8 Å². The van der Waals surface area contributed by atoms with E-state index in [2.05, 4.69) is 4.74 Å². The number of hydrogen-bond donors (Lipinski definition) is 1. The van der Waals surface area contributed by atoms with Gasteiger partial charge in [0.1, 0.15) is 0 Å². The Morgan fingerprint density at radius 1 is 1.64 bits per heavy atom. The van der Waals surface area contributed by atoms with E-state index < -0.39 is 5.60 Å². The Morgan fingerprint density at radius 2 is 2.18 bits per heavy atom. The lowest BCUT2D eigenvalue weighted by atomic mass is 9.97. The van der Waals surface area contributed by atoms with Crippen molar-refractivity contribution in [1.29, 1.82) is 0 Å². The van der Waals surface area contributed by atoms with Crippen molar-refractivity contribution >= 4 is 5.97 Å². The molecule has 1 N–H and O–H groups in total. The van der Waals surface area contributed by atoms with Gasteiger partial charge in [0.25, 0.3) is 0 Å². The highest BCUT2D eigenvalue weighted by atomic mass is 16.5. The van der Waals surface area contributed by atoms with E-state index in [1.54, 1.807) is 6.92 Å². The molecular weight excluding hydrogens is 144 g/mol. The van der Waals surface area contributed by atoms with Crippen molar-refractivity contribution in [1.82, 2.24) is 0 Å². The van der Waals surface area contributed by atoms with Crippen LogP contribution in [0.2, 0.25) is 0 Å². The summed E-state index contributed by atoms with van der Waals surface area (Å²) in [6, 6.07) is 0. The number of esters is 1. The first-order valence-electron chi connectivity index (χ1n) is 3.81. The minimum atomic E-state index is -0.901. The van der Waals surface area contributed by atoms with Gasteiger partial charge in [0.15, 0.2) is 0 Å². The summed E-state index contributed by atoms with van der Waals surface area (Å²) < 4.78 is 4.43. The van der Waals surface area contributed by atoms with Crippen molar-refractivity contribution in [2.75, 3.05) is 7.11 Å². The van der Waals surface area contributed by atoms with E-state index in [-0.39, 0.29) is 12.4 Å². The van der Waals surface area contributed by atoms with Crippen LogP contribution >= 0.6 is 0 Å². The van der Waals surface area contributed by atoms with Crippen LogP contribution < -0.4 is 0 Å². The van der Waals surface area contributed by atoms with E-state index >= 15 is 0 Å². The Balaban J connectivity index is 3.80. The molecule has 0 aliphatic rings. The van der Waals surface area contributed by atoms with Crippen molar-refractivity contribution in [2.24, 2.45) is 0 Å². The molecule has 11 heavy (non-hydrogen) atoms. The molecule has 0 saturated heterocycles. The third kappa shape index (κ3) is 4.79. The first-order valence-corrected chi connectivity index (χ1v) is 3.81. The molecule has 0 aromatic heterocycles. The van der Waals surface area contributed by atoms with Crippen molar-refractivity contribution < 1.29 is 14.6 Å². The molecular formula is C8H16O3. The highest BCUT2D eigenvalue weighted by molar-refractivity contribution is 5.70. The predicted octanol–water partition coefficient (Wildman–Crippen LogP) is 1.10. The second-order valence-electron chi connectivity index (χ2n) is 3.00. The number of methoxy groups -OCH3 is 1. The summed E-state index contributed by atoms with van der Waals surface area (Å²) >= 11 is 0.